The molecule has 0 saturated heterocycles. The lowest BCUT2D eigenvalue weighted by Crippen LogP contribution is -2.37. The van der Waals surface area contributed by atoms with E-state index >= 15 is 0 Å². The highest BCUT2D eigenvalue weighted by molar-refractivity contribution is 7.96. The number of hydrogen-bond acceptors (Lipinski definition) is 13. The standard InChI is InChI=1S/C34H43F3N8O5S4/c1-9-15-41(31(47)49-33(3,4)5)19-26-39-24(17-43(26)52-35)22-11-13-23(14-12-22)45(54-37)30-29(51-21-38-30)28(46)25-18-44(53-36)27(40-25)20-42(16-10-2)32(48)50-34(6,7)8/h11-14,17-18,21H,9-10,15-16,19-20H2,1-8H3. The van der Waals surface area contributed by atoms with Crippen molar-refractivity contribution >= 4 is 77.8 Å². The Hall–Kier alpha value is -3.88. The number of carbonyl (C=O) groups excluding carboxylic acids is 3. The highest BCUT2D eigenvalue weighted by Gasteiger charge is 2.29. The molecule has 0 aliphatic carbocycles. The van der Waals surface area contributed by atoms with Crippen LogP contribution >= 0.6 is 48.3 Å². The molecule has 2 amide bonds. The van der Waals surface area contributed by atoms with Crippen LogP contribution in [0.3, 0.4) is 0 Å². The molecule has 0 atom stereocenters. The summed E-state index contributed by atoms with van der Waals surface area (Å²) in [6, 6.07) is 6.49. The van der Waals surface area contributed by atoms with Gasteiger partial charge in [0.25, 0.3) is 0 Å². The second kappa shape index (κ2) is 18.6. The third-order valence-corrected chi connectivity index (χ3v) is 9.50. The van der Waals surface area contributed by atoms with Crippen LogP contribution in [0.2, 0.25) is 0 Å². The third-order valence-electron chi connectivity index (χ3n) is 7.24. The molecule has 1 aromatic carbocycles. The topological polar surface area (TPSA) is 128 Å². The van der Waals surface area contributed by atoms with Gasteiger partial charge < -0.3 is 19.3 Å². The predicted molar refractivity (Wildman–Crippen MR) is 208 cm³/mol. The van der Waals surface area contributed by atoms with Crippen LogP contribution in [0.25, 0.3) is 11.3 Å². The Bertz CT molecular complexity index is 1890. The van der Waals surface area contributed by atoms with Crippen LogP contribution in [-0.2, 0) is 22.6 Å². The van der Waals surface area contributed by atoms with Crippen LogP contribution in [0.4, 0.5) is 32.8 Å². The molecule has 0 fully saturated rings. The summed E-state index contributed by atoms with van der Waals surface area (Å²) in [7, 11) is 0. The van der Waals surface area contributed by atoms with Gasteiger partial charge >= 0.3 is 12.2 Å². The van der Waals surface area contributed by atoms with Gasteiger partial charge in [0.05, 0.1) is 30.0 Å². The van der Waals surface area contributed by atoms with Crippen LogP contribution in [0, 0.1) is 0 Å². The Morgan fingerprint density at radius 2 is 1.31 bits per heavy atom. The molecule has 13 nitrogen and oxygen atoms in total. The molecule has 4 aromatic rings. The zero-order valence-corrected chi connectivity index (χ0v) is 34.4. The number of thiazole rings is 1. The molecule has 0 spiro atoms. The molecule has 3 heterocycles. The fraction of sp³-hybridized carbons (Fsp3) is 0.471. The maximum Gasteiger partial charge on any atom is 0.410 e. The van der Waals surface area contributed by atoms with E-state index in [1.165, 1.54) is 31.7 Å². The highest BCUT2D eigenvalue weighted by Crippen LogP contribution is 2.38. The van der Waals surface area contributed by atoms with E-state index < -0.39 is 29.2 Å². The van der Waals surface area contributed by atoms with Crippen molar-refractivity contribution < 1.29 is 35.5 Å². The van der Waals surface area contributed by atoms with Crippen molar-refractivity contribution in [2.75, 3.05) is 17.4 Å². The van der Waals surface area contributed by atoms with E-state index in [1.54, 1.807) is 65.8 Å². The summed E-state index contributed by atoms with van der Waals surface area (Å²) in [5.74, 6) is -0.244. The molecule has 0 unspecified atom stereocenters. The summed E-state index contributed by atoms with van der Waals surface area (Å²) in [5.41, 5.74) is 1.11. The van der Waals surface area contributed by atoms with Gasteiger partial charge in [0.1, 0.15) is 33.4 Å². The molecular formula is C34H43F3N8O5S4. The normalized spacial score (nSPS) is 11.8. The smallest absolute Gasteiger partial charge is 0.410 e. The molecule has 3 aromatic heterocycles. The molecule has 4 rings (SSSR count). The van der Waals surface area contributed by atoms with Gasteiger partial charge in [-0.15, -0.1) is 23.0 Å². The lowest BCUT2D eigenvalue weighted by Gasteiger charge is -2.26. The summed E-state index contributed by atoms with van der Waals surface area (Å²) < 4.78 is 57.1. The van der Waals surface area contributed by atoms with Crippen LogP contribution < -0.4 is 4.31 Å². The van der Waals surface area contributed by atoms with Gasteiger partial charge in [0.15, 0.2) is 42.8 Å². The van der Waals surface area contributed by atoms with E-state index in [0.29, 0.717) is 42.9 Å². The van der Waals surface area contributed by atoms with Crippen LogP contribution in [0.5, 0.6) is 0 Å². The molecule has 294 valence electrons. The Labute approximate surface area is 330 Å². The SMILES string of the molecule is CCCN(Cc1nc(C(=O)c2scnc2N(SF)c2ccc(-c3cn(SF)c(CN(CCC)C(=O)OC(C)(C)C)n3)cc2)cn1SF)C(=O)OC(C)(C)C. The summed E-state index contributed by atoms with van der Waals surface area (Å²) in [6.07, 6.45) is 2.82. The summed E-state index contributed by atoms with van der Waals surface area (Å²) >= 11 is 0.556. The largest absolute Gasteiger partial charge is 0.444 e. The minimum Gasteiger partial charge on any atom is -0.444 e. The fourth-order valence-electron chi connectivity index (χ4n) is 5.01. The molecule has 0 aliphatic rings. The highest BCUT2D eigenvalue weighted by atomic mass is 32.2. The Morgan fingerprint density at radius 1 is 0.796 bits per heavy atom. The molecule has 54 heavy (non-hydrogen) atoms. The number of ether oxygens (including phenoxy) is 2. The van der Waals surface area contributed by atoms with Crippen molar-refractivity contribution in [3.63, 3.8) is 0 Å². The second-order valence-electron chi connectivity index (χ2n) is 13.9. The number of benzene rings is 1. The molecule has 0 radical (unpaired) electrons. The van der Waals surface area contributed by atoms with Crippen LogP contribution in [0.15, 0.2) is 42.2 Å². The Morgan fingerprint density at radius 3 is 1.80 bits per heavy atom. The zero-order valence-electron chi connectivity index (χ0n) is 31.2. The van der Waals surface area contributed by atoms with Crippen LogP contribution in [0.1, 0.15) is 95.2 Å². The molecule has 0 bridgehead atoms. The van der Waals surface area contributed by atoms with Gasteiger partial charge in [0, 0.05) is 31.0 Å². The number of ketones is 1. The number of anilines is 2. The Balaban J connectivity index is 1.56. The van der Waals surface area contributed by atoms with E-state index in [0.717, 1.165) is 19.6 Å². The number of halogens is 3. The first kappa shape index (κ1) is 42.9. The number of amides is 2. The van der Waals surface area contributed by atoms with E-state index in [9.17, 15) is 26.0 Å². The van der Waals surface area contributed by atoms with Crippen molar-refractivity contribution in [2.45, 2.75) is 92.5 Å². The number of aromatic nitrogens is 5. The van der Waals surface area contributed by atoms with E-state index in [-0.39, 0.29) is 78.1 Å². The van der Waals surface area contributed by atoms with E-state index in [4.69, 9.17) is 9.47 Å². The van der Waals surface area contributed by atoms with Crippen molar-refractivity contribution in [3.8, 4) is 11.3 Å². The number of carbonyl (C=O) groups is 3. The van der Waals surface area contributed by atoms with Gasteiger partial charge in [0.2, 0.25) is 5.78 Å². The van der Waals surface area contributed by atoms with E-state index in [2.05, 4.69) is 15.0 Å². The maximum atomic E-state index is 14.6. The summed E-state index contributed by atoms with van der Waals surface area (Å²) in [4.78, 5) is 55.5. The average molecular weight is 829 g/mol. The number of rotatable bonds is 16. The summed E-state index contributed by atoms with van der Waals surface area (Å²) in [6.45, 7) is 14.9. The number of hydrogen-bond donors (Lipinski definition) is 0. The monoisotopic (exact) mass is 828 g/mol. The fourth-order valence-corrected chi connectivity index (χ4v) is 6.82. The quantitative estimate of drug-likeness (QED) is 0.0788. The minimum atomic E-state index is -0.750. The molecule has 0 saturated carbocycles. The van der Waals surface area contributed by atoms with Gasteiger partial charge in [-0.25, -0.2) is 36.8 Å². The van der Waals surface area contributed by atoms with Gasteiger partial charge in [-0.05, 0) is 66.5 Å². The third kappa shape index (κ3) is 11.1. The molecule has 0 N–H and O–H groups in total. The molecular weight excluding hydrogens is 786 g/mol. The Kier molecular flexibility index (Phi) is 14.8. The van der Waals surface area contributed by atoms with Gasteiger partial charge in [-0.2, -0.15) is 0 Å². The summed E-state index contributed by atoms with van der Waals surface area (Å²) in [5, 5.41) is 0. The van der Waals surface area contributed by atoms with E-state index in [1.807, 2.05) is 13.8 Å². The van der Waals surface area contributed by atoms with Crippen molar-refractivity contribution in [1.82, 2.24) is 32.7 Å². The van der Waals surface area contributed by atoms with Crippen LogP contribution in [-0.4, -0.2) is 75.0 Å². The lowest BCUT2D eigenvalue weighted by molar-refractivity contribution is 0.0219. The molecule has 20 heteroatoms. The van der Waals surface area contributed by atoms with Crippen molar-refractivity contribution in [3.05, 3.63) is 64.4 Å². The lowest BCUT2D eigenvalue weighted by atomic mass is 10.1. The van der Waals surface area contributed by atoms with Crippen molar-refractivity contribution in [2.24, 2.45) is 0 Å². The maximum absolute atomic E-state index is 14.6. The first-order chi connectivity index (χ1) is 25.5. The number of nitrogens with zero attached hydrogens (tertiary/aromatic N) is 8. The number of imidazole rings is 2. The predicted octanol–water partition coefficient (Wildman–Crippen LogP) is 10.2. The van der Waals surface area contributed by atoms with Gasteiger partial charge in [-0.1, -0.05) is 26.0 Å². The zero-order chi connectivity index (χ0) is 39.8. The average Bonchev–Trinajstić information content (AvgIpc) is 3.85. The first-order valence-electron chi connectivity index (χ1n) is 16.9. The molecule has 0 aliphatic heterocycles. The van der Waals surface area contributed by atoms with Crippen molar-refractivity contribution in [1.29, 1.82) is 0 Å². The minimum absolute atomic E-state index is 0.00540. The van der Waals surface area contributed by atoms with Gasteiger partial charge in [-0.3, -0.25) is 4.79 Å². The second-order valence-corrected chi connectivity index (χ2v) is 16.3. The first-order valence-corrected chi connectivity index (χ1v) is 19.8.